The number of nitrogens with one attached hydrogen (secondary N) is 1. The summed E-state index contributed by atoms with van der Waals surface area (Å²) in [6, 6.07) is 15.4. The Morgan fingerprint density at radius 1 is 1.13 bits per heavy atom. The summed E-state index contributed by atoms with van der Waals surface area (Å²) in [6.07, 6.45) is 0.964. The number of thiazole rings is 1. The van der Waals surface area contributed by atoms with Gasteiger partial charge in [0.25, 0.3) is 5.91 Å². The van der Waals surface area contributed by atoms with E-state index < -0.39 is 0 Å². The minimum absolute atomic E-state index is 0.119. The van der Waals surface area contributed by atoms with Crippen molar-refractivity contribution in [2.45, 2.75) is 13.0 Å². The number of anilines is 1. The van der Waals surface area contributed by atoms with Crippen molar-refractivity contribution in [2.75, 3.05) is 26.0 Å². The number of thiophene rings is 1. The highest BCUT2D eigenvalue weighted by atomic mass is 32.1. The van der Waals surface area contributed by atoms with Crippen LogP contribution >= 0.6 is 22.7 Å². The number of benzene rings is 2. The van der Waals surface area contributed by atoms with Crippen molar-refractivity contribution in [1.82, 2.24) is 9.88 Å². The molecule has 4 aromatic rings. The third-order valence-electron chi connectivity index (χ3n) is 5.33. The molecule has 0 atom stereocenters. The molecule has 0 fully saturated rings. The number of amides is 1. The van der Waals surface area contributed by atoms with Crippen molar-refractivity contribution in [3.05, 3.63) is 64.5 Å². The second-order valence-electron chi connectivity index (χ2n) is 7.37. The largest absolute Gasteiger partial charge is 0.497 e. The second-order valence-corrected chi connectivity index (χ2v) is 9.50. The Bertz CT molecular complexity index is 1190. The first-order valence-corrected chi connectivity index (χ1v) is 11.4. The molecule has 2 aromatic heterocycles. The molecule has 0 unspecified atom stereocenters. The van der Waals surface area contributed by atoms with Gasteiger partial charge in [-0.25, -0.2) is 4.98 Å². The summed E-state index contributed by atoms with van der Waals surface area (Å²) in [5.74, 6) is 0.614. The lowest BCUT2D eigenvalue weighted by Crippen LogP contribution is -2.25. The number of hydrogen-bond donors (Lipinski definition) is 1. The summed E-state index contributed by atoms with van der Waals surface area (Å²) in [4.78, 5) is 21.5. The maximum absolute atomic E-state index is 13.0. The van der Waals surface area contributed by atoms with Crippen molar-refractivity contribution in [2.24, 2.45) is 0 Å². The summed E-state index contributed by atoms with van der Waals surface area (Å²) < 4.78 is 6.36. The van der Waals surface area contributed by atoms with Gasteiger partial charge in [0.15, 0.2) is 0 Å². The number of para-hydroxylation sites is 1. The van der Waals surface area contributed by atoms with E-state index >= 15 is 0 Å². The fourth-order valence-electron chi connectivity index (χ4n) is 3.74. The molecule has 0 spiro atoms. The van der Waals surface area contributed by atoms with E-state index in [0.717, 1.165) is 51.0 Å². The minimum atomic E-state index is -0.119. The minimum Gasteiger partial charge on any atom is -0.497 e. The summed E-state index contributed by atoms with van der Waals surface area (Å²) in [7, 11) is 3.75. The van der Waals surface area contributed by atoms with Gasteiger partial charge in [0.2, 0.25) is 0 Å². The Kier molecular flexibility index (Phi) is 5.02. The van der Waals surface area contributed by atoms with Gasteiger partial charge in [-0.3, -0.25) is 4.79 Å². The number of carbonyl (C=O) groups is 1. The predicted molar refractivity (Wildman–Crippen MR) is 124 cm³/mol. The molecule has 30 heavy (non-hydrogen) atoms. The molecule has 5 rings (SSSR count). The SMILES string of the molecule is COc1ccc(C(=O)Nc2sc3c(c2-c2nc4ccccc4s2)CCN(C)C3)cc1. The molecule has 5 nitrogen and oxygen atoms in total. The lowest BCUT2D eigenvalue weighted by Gasteiger charge is -2.22. The Morgan fingerprint density at radius 3 is 2.70 bits per heavy atom. The van der Waals surface area contributed by atoms with Crippen molar-refractivity contribution < 1.29 is 9.53 Å². The van der Waals surface area contributed by atoms with Gasteiger partial charge >= 0.3 is 0 Å². The standard InChI is InChI=1S/C23H21N3O2S2/c1-26-12-11-16-19(13-26)30-23(25-21(27)14-7-9-15(28-2)10-8-14)20(16)22-24-17-5-3-4-6-18(17)29-22/h3-10H,11-13H2,1-2H3,(H,25,27). The van der Waals surface area contributed by atoms with Crippen LogP contribution in [0.4, 0.5) is 5.00 Å². The molecule has 0 radical (unpaired) electrons. The molecule has 1 aliphatic heterocycles. The maximum Gasteiger partial charge on any atom is 0.256 e. The van der Waals surface area contributed by atoms with E-state index in [1.165, 1.54) is 10.4 Å². The average Bonchev–Trinajstić information content (AvgIpc) is 3.33. The molecule has 0 aliphatic carbocycles. The number of hydrogen-bond acceptors (Lipinski definition) is 6. The van der Waals surface area contributed by atoms with Crippen molar-refractivity contribution >= 4 is 43.8 Å². The van der Waals surface area contributed by atoms with Gasteiger partial charge in [-0.1, -0.05) is 12.1 Å². The van der Waals surface area contributed by atoms with E-state index in [0.29, 0.717) is 5.56 Å². The Labute approximate surface area is 182 Å². The first-order valence-electron chi connectivity index (χ1n) is 9.77. The van der Waals surface area contributed by atoms with Gasteiger partial charge in [0.05, 0.1) is 17.3 Å². The molecule has 1 aliphatic rings. The lowest BCUT2D eigenvalue weighted by atomic mass is 10.0. The molecule has 0 saturated carbocycles. The highest BCUT2D eigenvalue weighted by Gasteiger charge is 2.26. The number of ether oxygens (including phenoxy) is 1. The molecular formula is C23H21N3O2S2. The van der Waals surface area contributed by atoms with E-state index in [4.69, 9.17) is 9.72 Å². The summed E-state index contributed by atoms with van der Waals surface area (Å²) in [5.41, 5.74) is 4.01. The first-order chi connectivity index (χ1) is 14.6. The summed E-state index contributed by atoms with van der Waals surface area (Å²) >= 11 is 3.35. The van der Waals surface area contributed by atoms with Gasteiger partial charge < -0.3 is 15.0 Å². The molecule has 0 bridgehead atoms. The van der Waals surface area contributed by atoms with Crippen LogP contribution < -0.4 is 10.1 Å². The fraction of sp³-hybridized carbons (Fsp3) is 0.217. The topological polar surface area (TPSA) is 54.5 Å². The summed E-state index contributed by atoms with van der Waals surface area (Å²) in [5, 5.41) is 5.03. The van der Waals surface area contributed by atoms with Crippen LogP contribution in [0.3, 0.4) is 0 Å². The van der Waals surface area contributed by atoms with Gasteiger partial charge in [-0.15, -0.1) is 22.7 Å². The van der Waals surface area contributed by atoms with E-state index in [2.05, 4.69) is 23.3 Å². The van der Waals surface area contributed by atoms with Crippen LogP contribution in [0.25, 0.3) is 20.8 Å². The van der Waals surface area contributed by atoms with Gasteiger partial charge in [-0.05, 0) is 55.4 Å². The van der Waals surface area contributed by atoms with Crippen LogP contribution in [0, 0.1) is 0 Å². The zero-order valence-corrected chi connectivity index (χ0v) is 18.4. The van der Waals surface area contributed by atoms with Gasteiger partial charge in [0.1, 0.15) is 15.8 Å². The number of rotatable bonds is 4. The fourth-order valence-corrected chi connectivity index (χ4v) is 6.18. The zero-order valence-electron chi connectivity index (χ0n) is 16.8. The molecule has 1 amide bonds. The molecule has 3 heterocycles. The number of methoxy groups -OCH3 is 1. The van der Waals surface area contributed by atoms with E-state index in [1.54, 1.807) is 54.0 Å². The molecule has 1 N–H and O–H groups in total. The summed E-state index contributed by atoms with van der Waals surface area (Å²) in [6.45, 7) is 1.91. The third kappa shape index (κ3) is 3.49. The average molecular weight is 436 g/mol. The molecule has 7 heteroatoms. The highest BCUT2D eigenvalue weighted by Crippen LogP contribution is 2.45. The van der Waals surface area contributed by atoms with E-state index in [-0.39, 0.29) is 5.91 Å². The quantitative estimate of drug-likeness (QED) is 0.474. The monoisotopic (exact) mass is 435 g/mol. The number of likely N-dealkylation sites (N-methyl/N-ethyl adjacent to an activating group) is 1. The van der Waals surface area contributed by atoms with Crippen LogP contribution in [-0.4, -0.2) is 36.5 Å². The van der Waals surface area contributed by atoms with Gasteiger partial charge in [-0.2, -0.15) is 0 Å². The predicted octanol–water partition coefficient (Wildman–Crippen LogP) is 5.27. The van der Waals surface area contributed by atoms with Crippen molar-refractivity contribution in [3.8, 4) is 16.3 Å². The van der Waals surface area contributed by atoms with E-state index in [9.17, 15) is 4.79 Å². The van der Waals surface area contributed by atoms with Crippen LogP contribution in [0.5, 0.6) is 5.75 Å². The Morgan fingerprint density at radius 2 is 1.93 bits per heavy atom. The van der Waals surface area contributed by atoms with Gasteiger partial charge in [0, 0.05) is 29.1 Å². The molecule has 152 valence electrons. The number of fused-ring (bicyclic) bond motifs is 2. The zero-order chi connectivity index (χ0) is 20.7. The van der Waals surface area contributed by atoms with Crippen LogP contribution in [-0.2, 0) is 13.0 Å². The Balaban J connectivity index is 1.56. The normalized spacial score (nSPS) is 13.9. The second kappa shape index (κ2) is 7.83. The van der Waals surface area contributed by atoms with Crippen LogP contribution in [0.15, 0.2) is 48.5 Å². The van der Waals surface area contributed by atoms with Crippen LogP contribution in [0.2, 0.25) is 0 Å². The van der Waals surface area contributed by atoms with Crippen molar-refractivity contribution in [3.63, 3.8) is 0 Å². The van der Waals surface area contributed by atoms with Crippen LogP contribution in [0.1, 0.15) is 20.8 Å². The lowest BCUT2D eigenvalue weighted by molar-refractivity contribution is 0.102. The highest BCUT2D eigenvalue weighted by molar-refractivity contribution is 7.23. The maximum atomic E-state index is 13.0. The molecular weight excluding hydrogens is 414 g/mol. The smallest absolute Gasteiger partial charge is 0.256 e. The number of carbonyl (C=O) groups excluding carboxylic acids is 1. The first kappa shape index (κ1) is 19.2. The molecule has 2 aromatic carbocycles. The number of aromatic nitrogens is 1. The number of nitrogens with zero attached hydrogens (tertiary/aromatic N) is 2. The van der Waals surface area contributed by atoms with Crippen molar-refractivity contribution in [1.29, 1.82) is 0 Å². The third-order valence-corrected chi connectivity index (χ3v) is 7.52. The molecule has 0 saturated heterocycles. The van der Waals surface area contributed by atoms with E-state index in [1.807, 2.05) is 18.2 Å². The Hall–Kier alpha value is -2.74.